The van der Waals surface area contributed by atoms with Gasteiger partial charge in [-0.05, 0) is 43.5 Å². The van der Waals surface area contributed by atoms with Gasteiger partial charge in [-0.25, -0.2) is 14.2 Å². The number of pyridine rings is 1. The van der Waals surface area contributed by atoms with Crippen molar-refractivity contribution in [1.82, 2.24) is 15.2 Å². The lowest BCUT2D eigenvalue weighted by Crippen LogP contribution is -2.46. The van der Waals surface area contributed by atoms with Crippen LogP contribution >= 0.6 is 0 Å². The molecule has 1 aliphatic heterocycles. The minimum absolute atomic E-state index is 0.146. The molecule has 0 aliphatic carbocycles. The molecule has 3 rings (SSSR count). The molecule has 1 aliphatic rings. The highest BCUT2D eigenvalue weighted by molar-refractivity contribution is 5.74. The van der Waals surface area contributed by atoms with Crippen LogP contribution in [0.1, 0.15) is 24.5 Å². The molecule has 7 heteroatoms. The number of aromatic nitrogens is 1. The zero-order valence-corrected chi connectivity index (χ0v) is 15.9. The van der Waals surface area contributed by atoms with Gasteiger partial charge in [-0.15, -0.1) is 0 Å². The van der Waals surface area contributed by atoms with Crippen LogP contribution in [0, 0.1) is 17.1 Å². The minimum Gasteiger partial charge on any atom is -0.354 e. The van der Waals surface area contributed by atoms with Gasteiger partial charge in [0.1, 0.15) is 17.7 Å². The van der Waals surface area contributed by atoms with Crippen molar-refractivity contribution in [3.05, 3.63) is 59.5 Å². The second kappa shape index (κ2) is 9.18. The molecule has 1 fully saturated rings. The van der Waals surface area contributed by atoms with Gasteiger partial charge in [0.25, 0.3) is 0 Å². The van der Waals surface area contributed by atoms with Gasteiger partial charge >= 0.3 is 6.03 Å². The molecule has 2 aromatic rings. The zero-order chi connectivity index (χ0) is 19.9. The van der Waals surface area contributed by atoms with Crippen molar-refractivity contribution in [3.8, 4) is 6.07 Å². The Morgan fingerprint density at radius 3 is 2.86 bits per heavy atom. The highest BCUT2D eigenvalue weighted by Crippen LogP contribution is 2.18. The van der Waals surface area contributed by atoms with Crippen LogP contribution in [0.3, 0.4) is 0 Å². The molecule has 0 spiro atoms. The smallest absolute Gasteiger partial charge is 0.317 e. The number of carbonyl (C=O) groups is 1. The fourth-order valence-corrected chi connectivity index (χ4v) is 3.42. The topological polar surface area (TPSA) is 72.3 Å². The van der Waals surface area contributed by atoms with Gasteiger partial charge < -0.3 is 15.1 Å². The average Bonchev–Trinajstić information content (AvgIpc) is 2.96. The number of nitriles is 1. The monoisotopic (exact) mass is 381 g/mol. The van der Waals surface area contributed by atoms with Gasteiger partial charge in [-0.2, -0.15) is 5.26 Å². The maximum Gasteiger partial charge on any atom is 0.317 e. The molecule has 1 aromatic heterocycles. The maximum absolute atomic E-state index is 13.8. The summed E-state index contributed by atoms with van der Waals surface area (Å²) in [6, 6.07) is 12.0. The van der Waals surface area contributed by atoms with Gasteiger partial charge in [0.05, 0.1) is 5.56 Å². The lowest BCUT2D eigenvalue weighted by atomic mass is 10.1. The number of rotatable bonds is 4. The van der Waals surface area contributed by atoms with Gasteiger partial charge in [-0.3, -0.25) is 0 Å². The van der Waals surface area contributed by atoms with E-state index in [0.717, 1.165) is 13.0 Å². The van der Waals surface area contributed by atoms with Crippen LogP contribution in [0.2, 0.25) is 0 Å². The first-order chi connectivity index (χ1) is 13.6. The summed E-state index contributed by atoms with van der Waals surface area (Å²) in [6.45, 7) is 4.39. The largest absolute Gasteiger partial charge is 0.354 e. The van der Waals surface area contributed by atoms with Crippen LogP contribution in [-0.4, -0.2) is 48.1 Å². The fraction of sp³-hybridized carbons (Fsp3) is 0.381. The number of hydrogen-bond donors (Lipinski definition) is 1. The van der Waals surface area contributed by atoms with Crippen molar-refractivity contribution >= 4 is 11.8 Å². The van der Waals surface area contributed by atoms with E-state index in [-0.39, 0.29) is 17.9 Å². The summed E-state index contributed by atoms with van der Waals surface area (Å²) in [4.78, 5) is 20.8. The number of urea groups is 1. The Hall–Kier alpha value is -3.14. The third-order valence-corrected chi connectivity index (χ3v) is 4.84. The van der Waals surface area contributed by atoms with E-state index < -0.39 is 0 Å². The molecule has 1 atom stereocenters. The molecule has 2 amide bonds. The van der Waals surface area contributed by atoms with Crippen LogP contribution in [0.5, 0.6) is 0 Å². The molecule has 0 radical (unpaired) electrons. The summed E-state index contributed by atoms with van der Waals surface area (Å²) >= 11 is 0. The van der Waals surface area contributed by atoms with E-state index in [1.807, 2.05) is 6.92 Å². The van der Waals surface area contributed by atoms with Crippen molar-refractivity contribution in [3.63, 3.8) is 0 Å². The first kappa shape index (κ1) is 19.6. The molecule has 2 heterocycles. The molecular weight excluding hydrogens is 357 g/mol. The molecule has 1 N–H and O–H groups in total. The summed E-state index contributed by atoms with van der Waals surface area (Å²) in [5.41, 5.74) is 1.13. The quantitative estimate of drug-likeness (QED) is 0.884. The van der Waals surface area contributed by atoms with E-state index in [0.29, 0.717) is 43.0 Å². The molecule has 0 bridgehead atoms. The minimum atomic E-state index is -0.252. The van der Waals surface area contributed by atoms with Crippen molar-refractivity contribution in [1.29, 1.82) is 5.26 Å². The number of carbonyl (C=O) groups excluding carboxylic acids is 1. The molecular formula is C21H24FN5O. The van der Waals surface area contributed by atoms with E-state index in [2.05, 4.69) is 21.3 Å². The average molecular weight is 381 g/mol. The normalized spacial score (nSPS) is 15.5. The summed E-state index contributed by atoms with van der Waals surface area (Å²) < 4.78 is 13.8. The van der Waals surface area contributed by atoms with Crippen LogP contribution in [0.4, 0.5) is 15.0 Å². The Bertz CT molecular complexity index is 866. The fourth-order valence-electron chi connectivity index (χ4n) is 3.42. The number of benzene rings is 1. The molecule has 1 aromatic carbocycles. The van der Waals surface area contributed by atoms with Crippen molar-refractivity contribution in [2.24, 2.45) is 0 Å². The Kier molecular flexibility index (Phi) is 6.43. The second-order valence-corrected chi connectivity index (χ2v) is 6.96. The number of anilines is 1. The molecule has 1 saturated heterocycles. The van der Waals surface area contributed by atoms with Crippen LogP contribution in [0.25, 0.3) is 0 Å². The lowest BCUT2D eigenvalue weighted by Gasteiger charge is -2.25. The maximum atomic E-state index is 13.8. The van der Waals surface area contributed by atoms with Gasteiger partial charge in [0, 0.05) is 38.4 Å². The molecule has 0 saturated carbocycles. The molecule has 28 heavy (non-hydrogen) atoms. The Balaban J connectivity index is 1.57. The van der Waals surface area contributed by atoms with E-state index in [9.17, 15) is 14.4 Å². The summed E-state index contributed by atoms with van der Waals surface area (Å²) in [7, 11) is 0. The van der Waals surface area contributed by atoms with E-state index >= 15 is 0 Å². The SMILES string of the molecule is CC(Cc1ccccc1F)NC(=O)N1CCCN(c2ncccc2C#N)CC1. The summed E-state index contributed by atoms with van der Waals surface area (Å²) in [6.07, 6.45) is 2.91. The predicted molar refractivity (Wildman–Crippen MR) is 105 cm³/mol. The number of nitrogens with zero attached hydrogens (tertiary/aromatic N) is 4. The van der Waals surface area contributed by atoms with E-state index in [1.54, 1.807) is 41.4 Å². The van der Waals surface area contributed by atoms with E-state index in [4.69, 9.17) is 0 Å². The van der Waals surface area contributed by atoms with Crippen LogP contribution in [0.15, 0.2) is 42.6 Å². The third kappa shape index (κ3) is 4.77. The van der Waals surface area contributed by atoms with Crippen molar-refractivity contribution < 1.29 is 9.18 Å². The number of halogens is 1. The van der Waals surface area contributed by atoms with Gasteiger partial charge in [0.2, 0.25) is 0 Å². The second-order valence-electron chi connectivity index (χ2n) is 6.96. The highest BCUT2D eigenvalue weighted by atomic mass is 19.1. The predicted octanol–water partition coefficient (Wildman–Crippen LogP) is 2.95. The standard InChI is InChI=1S/C21H24FN5O/c1-16(14-17-6-2-3-8-19(17)22)25-21(28)27-11-5-10-26(12-13-27)20-18(15-23)7-4-9-24-20/h2-4,6-9,16H,5,10-14H2,1H3,(H,25,28). The van der Waals surface area contributed by atoms with Crippen LogP contribution < -0.4 is 10.2 Å². The summed E-state index contributed by atoms with van der Waals surface area (Å²) in [5.74, 6) is 0.415. The highest BCUT2D eigenvalue weighted by Gasteiger charge is 2.22. The molecule has 1 unspecified atom stereocenters. The van der Waals surface area contributed by atoms with E-state index in [1.165, 1.54) is 6.07 Å². The first-order valence-corrected chi connectivity index (χ1v) is 9.47. The lowest BCUT2D eigenvalue weighted by molar-refractivity contribution is 0.198. The number of amides is 2. The number of nitrogens with one attached hydrogen (secondary N) is 1. The Morgan fingerprint density at radius 1 is 1.25 bits per heavy atom. The van der Waals surface area contributed by atoms with Gasteiger partial charge in [0.15, 0.2) is 0 Å². The first-order valence-electron chi connectivity index (χ1n) is 9.47. The Labute approximate surface area is 164 Å². The molecule has 146 valence electrons. The third-order valence-electron chi connectivity index (χ3n) is 4.84. The molecule has 6 nitrogen and oxygen atoms in total. The van der Waals surface area contributed by atoms with Crippen molar-refractivity contribution in [2.45, 2.75) is 25.8 Å². The summed E-state index contributed by atoms with van der Waals surface area (Å²) in [5, 5.41) is 12.2. The van der Waals surface area contributed by atoms with Crippen LogP contribution in [-0.2, 0) is 6.42 Å². The Morgan fingerprint density at radius 2 is 2.07 bits per heavy atom. The van der Waals surface area contributed by atoms with Gasteiger partial charge in [-0.1, -0.05) is 18.2 Å². The zero-order valence-electron chi connectivity index (χ0n) is 15.9. The number of hydrogen-bond acceptors (Lipinski definition) is 4. The van der Waals surface area contributed by atoms with Crippen molar-refractivity contribution in [2.75, 3.05) is 31.1 Å².